The fourth-order valence-electron chi connectivity index (χ4n) is 4.33. The van der Waals surface area contributed by atoms with Crippen LogP contribution in [0.3, 0.4) is 0 Å². The lowest BCUT2D eigenvalue weighted by atomic mass is 10.0. The van der Waals surface area contributed by atoms with E-state index in [4.69, 9.17) is 0 Å². The molecule has 1 aromatic carbocycles. The highest BCUT2D eigenvalue weighted by atomic mass is 16.2. The van der Waals surface area contributed by atoms with Crippen LogP contribution in [0, 0.1) is 0 Å². The summed E-state index contributed by atoms with van der Waals surface area (Å²) in [4.78, 5) is 32.9. The number of imide groups is 1. The molecule has 3 fully saturated rings. The van der Waals surface area contributed by atoms with Gasteiger partial charge in [-0.05, 0) is 49.9 Å². The third-order valence-electron chi connectivity index (χ3n) is 5.79. The minimum Gasteiger partial charge on any atom is -0.378 e. The van der Waals surface area contributed by atoms with Gasteiger partial charge in [-0.2, -0.15) is 0 Å². The summed E-state index contributed by atoms with van der Waals surface area (Å²) in [7, 11) is 4.08. The predicted molar refractivity (Wildman–Crippen MR) is 98.0 cm³/mol. The monoisotopic (exact) mass is 342 g/mol. The van der Waals surface area contributed by atoms with Crippen molar-refractivity contribution in [1.29, 1.82) is 0 Å². The van der Waals surface area contributed by atoms with Crippen molar-refractivity contribution in [3.63, 3.8) is 0 Å². The Bertz CT molecular complexity index is 643. The van der Waals surface area contributed by atoms with Gasteiger partial charge < -0.3 is 14.7 Å². The van der Waals surface area contributed by atoms with E-state index in [1.54, 1.807) is 9.80 Å². The normalized spacial score (nSPS) is 24.2. The quantitative estimate of drug-likeness (QED) is 0.790. The highest BCUT2D eigenvalue weighted by Gasteiger charge is 2.50. The van der Waals surface area contributed by atoms with Crippen molar-refractivity contribution in [3.8, 4) is 0 Å². The van der Waals surface area contributed by atoms with Crippen LogP contribution in [-0.2, 0) is 4.79 Å². The zero-order valence-corrected chi connectivity index (χ0v) is 15.0. The number of amides is 3. The number of anilines is 2. The lowest BCUT2D eigenvalue weighted by molar-refractivity contribution is -0.129. The number of hydrogen-bond acceptors (Lipinski definition) is 4. The van der Waals surface area contributed by atoms with Crippen LogP contribution in [-0.4, -0.2) is 67.6 Å². The van der Waals surface area contributed by atoms with Crippen molar-refractivity contribution >= 4 is 23.3 Å². The van der Waals surface area contributed by atoms with E-state index in [9.17, 15) is 9.59 Å². The number of carbonyl (C=O) groups is 2. The number of hydrogen-bond donors (Lipinski definition) is 0. The summed E-state index contributed by atoms with van der Waals surface area (Å²) in [6, 6.07) is 8.39. The second kappa shape index (κ2) is 6.24. The maximum atomic E-state index is 12.6. The lowest BCUT2D eigenvalue weighted by Crippen LogP contribution is -2.48. The largest absolute Gasteiger partial charge is 0.378 e. The molecule has 0 unspecified atom stereocenters. The number of urea groups is 1. The van der Waals surface area contributed by atoms with Gasteiger partial charge in [-0.1, -0.05) is 0 Å². The van der Waals surface area contributed by atoms with Crippen LogP contribution >= 0.6 is 0 Å². The second-order valence-electron chi connectivity index (χ2n) is 7.47. The highest BCUT2D eigenvalue weighted by molar-refractivity contribution is 6.04. The van der Waals surface area contributed by atoms with E-state index in [1.807, 2.05) is 14.1 Å². The molecule has 0 radical (unpaired) electrons. The standard InChI is InChI=1S/C19H26N4O2/c1-20(2)14-5-7-15(8-6-14)21-12-9-16(10-13-21)23-18(24)17-4-3-11-22(17)19(23)25/h5-8,16-17H,3-4,9-13H2,1-2H3/t17-/m0/s1. The average molecular weight is 342 g/mol. The first-order valence-electron chi connectivity index (χ1n) is 9.22. The lowest BCUT2D eigenvalue weighted by Gasteiger charge is -2.37. The van der Waals surface area contributed by atoms with E-state index in [2.05, 4.69) is 34.1 Å². The summed E-state index contributed by atoms with van der Waals surface area (Å²) in [6.07, 6.45) is 3.50. The Kier molecular flexibility index (Phi) is 4.06. The molecule has 25 heavy (non-hydrogen) atoms. The average Bonchev–Trinajstić information content (AvgIpc) is 3.20. The molecule has 3 aliphatic rings. The van der Waals surface area contributed by atoms with E-state index in [0.29, 0.717) is 0 Å². The van der Waals surface area contributed by atoms with Gasteiger partial charge in [-0.3, -0.25) is 9.69 Å². The Balaban J connectivity index is 1.40. The van der Waals surface area contributed by atoms with Crippen molar-refractivity contribution in [2.24, 2.45) is 0 Å². The number of carbonyl (C=O) groups excluding carboxylic acids is 2. The molecule has 0 spiro atoms. The molecule has 0 aromatic heterocycles. The van der Waals surface area contributed by atoms with Crippen LogP contribution in [0.15, 0.2) is 24.3 Å². The Labute approximate surface area is 149 Å². The van der Waals surface area contributed by atoms with Crippen LogP contribution in [0.1, 0.15) is 25.7 Å². The van der Waals surface area contributed by atoms with Crippen molar-refractivity contribution in [1.82, 2.24) is 9.80 Å². The molecular weight excluding hydrogens is 316 g/mol. The van der Waals surface area contributed by atoms with E-state index in [-0.39, 0.29) is 24.0 Å². The zero-order chi connectivity index (χ0) is 17.6. The van der Waals surface area contributed by atoms with Crippen LogP contribution in [0.25, 0.3) is 0 Å². The van der Waals surface area contributed by atoms with E-state index < -0.39 is 0 Å². The first-order valence-corrected chi connectivity index (χ1v) is 9.22. The number of fused-ring (bicyclic) bond motifs is 1. The maximum absolute atomic E-state index is 12.6. The molecule has 3 saturated heterocycles. The predicted octanol–water partition coefficient (Wildman–Crippen LogP) is 2.15. The Morgan fingerprint density at radius 1 is 0.960 bits per heavy atom. The molecule has 1 aromatic rings. The summed E-state index contributed by atoms with van der Waals surface area (Å²) in [6.45, 7) is 2.50. The van der Waals surface area contributed by atoms with E-state index in [0.717, 1.165) is 45.3 Å². The molecule has 3 aliphatic heterocycles. The van der Waals surface area contributed by atoms with Gasteiger partial charge >= 0.3 is 6.03 Å². The van der Waals surface area contributed by atoms with Crippen LogP contribution in [0.4, 0.5) is 16.2 Å². The first kappa shape index (κ1) is 16.2. The molecule has 134 valence electrons. The minimum absolute atomic E-state index is 0.0382. The number of benzene rings is 1. The van der Waals surface area contributed by atoms with Gasteiger partial charge in [-0.25, -0.2) is 4.79 Å². The molecule has 6 heteroatoms. The molecule has 3 heterocycles. The topological polar surface area (TPSA) is 47.1 Å². The van der Waals surface area contributed by atoms with Gasteiger partial charge in [0.1, 0.15) is 6.04 Å². The minimum atomic E-state index is -0.177. The zero-order valence-electron chi connectivity index (χ0n) is 15.0. The van der Waals surface area contributed by atoms with E-state index in [1.165, 1.54) is 11.4 Å². The van der Waals surface area contributed by atoms with Crippen molar-refractivity contribution < 1.29 is 9.59 Å². The molecule has 4 rings (SSSR count). The molecule has 0 aliphatic carbocycles. The van der Waals surface area contributed by atoms with Crippen LogP contribution in [0.2, 0.25) is 0 Å². The third kappa shape index (κ3) is 2.73. The van der Waals surface area contributed by atoms with E-state index >= 15 is 0 Å². The molecule has 6 nitrogen and oxygen atoms in total. The number of piperidine rings is 1. The summed E-state index contributed by atoms with van der Waals surface area (Å²) in [5.41, 5.74) is 2.40. The first-order chi connectivity index (χ1) is 12.1. The number of rotatable bonds is 3. The molecule has 3 amide bonds. The molecule has 0 bridgehead atoms. The van der Waals surface area contributed by atoms with Gasteiger partial charge in [-0.15, -0.1) is 0 Å². The molecule has 1 atom stereocenters. The maximum Gasteiger partial charge on any atom is 0.327 e. The van der Waals surface area contributed by atoms with Crippen molar-refractivity contribution in [2.45, 2.75) is 37.8 Å². The van der Waals surface area contributed by atoms with Gasteiger partial charge in [0, 0.05) is 51.1 Å². The second-order valence-corrected chi connectivity index (χ2v) is 7.47. The fourth-order valence-corrected chi connectivity index (χ4v) is 4.33. The fraction of sp³-hybridized carbons (Fsp3) is 0.579. The summed E-state index contributed by atoms with van der Waals surface area (Å²) >= 11 is 0. The van der Waals surface area contributed by atoms with Crippen LogP contribution in [0.5, 0.6) is 0 Å². The SMILES string of the molecule is CN(C)c1ccc(N2CCC(N3C(=O)[C@@H]4CCCN4C3=O)CC2)cc1. The van der Waals surface area contributed by atoms with Gasteiger partial charge in [0.05, 0.1) is 0 Å². The van der Waals surface area contributed by atoms with Crippen LogP contribution < -0.4 is 9.80 Å². The molecule has 0 saturated carbocycles. The summed E-state index contributed by atoms with van der Waals surface area (Å²) in [5, 5.41) is 0. The molecule has 0 N–H and O–H groups in total. The van der Waals surface area contributed by atoms with Crippen molar-refractivity contribution in [2.75, 3.05) is 43.5 Å². The Morgan fingerprint density at radius 2 is 1.64 bits per heavy atom. The summed E-state index contributed by atoms with van der Waals surface area (Å²) in [5.74, 6) is 0.0382. The third-order valence-corrected chi connectivity index (χ3v) is 5.79. The molecular formula is C19H26N4O2. The van der Waals surface area contributed by atoms with Crippen molar-refractivity contribution in [3.05, 3.63) is 24.3 Å². The smallest absolute Gasteiger partial charge is 0.327 e. The number of nitrogens with zero attached hydrogens (tertiary/aromatic N) is 4. The Hall–Kier alpha value is -2.24. The van der Waals surface area contributed by atoms with Gasteiger partial charge in [0.15, 0.2) is 0 Å². The Morgan fingerprint density at radius 3 is 2.24 bits per heavy atom. The summed E-state index contributed by atoms with van der Waals surface area (Å²) < 4.78 is 0. The van der Waals surface area contributed by atoms with Gasteiger partial charge in [0.2, 0.25) is 0 Å². The highest BCUT2D eigenvalue weighted by Crippen LogP contribution is 2.32. The van der Waals surface area contributed by atoms with Gasteiger partial charge in [0.25, 0.3) is 5.91 Å².